The maximum absolute atomic E-state index is 12.4. The minimum Gasteiger partial charge on any atom is -0.346 e. The van der Waals surface area contributed by atoms with Crippen LogP contribution in [0.5, 0.6) is 0 Å². The highest BCUT2D eigenvalue weighted by Gasteiger charge is 2.46. The van der Waals surface area contributed by atoms with Gasteiger partial charge in [0.25, 0.3) is 0 Å². The van der Waals surface area contributed by atoms with Crippen molar-refractivity contribution in [1.82, 2.24) is 10.6 Å². The Bertz CT molecular complexity index is 479. The number of carbonyl (C=O) groups is 1. The molecule has 1 saturated carbocycles. The molecule has 102 valence electrons. The minimum atomic E-state index is -0.0915. The maximum Gasteiger partial charge on any atom is 0.223 e. The molecule has 0 atom stereocenters. The summed E-state index contributed by atoms with van der Waals surface area (Å²) in [6, 6.07) is 8.29. The zero-order valence-electron chi connectivity index (χ0n) is 10.9. The summed E-state index contributed by atoms with van der Waals surface area (Å²) in [4.78, 5) is 12.4. The summed E-state index contributed by atoms with van der Waals surface area (Å²) < 4.78 is 1.08. The molecule has 0 bridgehead atoms. The van der Waals surface area contributed by atoms with E-state index in [1.807, 2.05) is 12.1 Å². The normalized spacial score (nSPS) is 21.9. The molecule has 0 radical (unpaired) electrons. The minimum absolute atomic E-state index is 0.0915. The lowest BCUT2D eigenvalue weighted by molar-refractivity contribution is -0.126. The van der Waals surface area contributed by atoms with Crippen LogP contribution < -0.4 is 10.6 Å². The molecule has 0 aromatic heterocycles. The Balaban J connectivity index is 1.70. The number of benzene rings is 1. The van der Waals surface area contributed by atoms with E-state index in [0.717, 1.165) is 43.2 Å². The smallest absolute Gasteiger partial charge is 0.223 e. The van der Waals surface area contributed by atoms with Crippen LogP contribution in [0.15, 0.2) is 28.7 Å². The predicted octanol–water partition coefficient (Wildman–Crippen LogP) is 2.55. The van der Waals surface area contributed by atoms with Gasteiger partial charge in [0.15, 0.2) is 0 Å². The molecule has 4 heteroatoms. The van der Waals surface area contributed by atoms with E-state index in [9.17, 15) is 4.79 Å². The van der Waals surface area contributed by atoms with E-state index < -0.39 is 0 Å². The molecule has 2 fully saturated rings. The molecule has 0 unspecified atom stereocenters. The van der Waals surface area contributed by atoms with Gasteiger partial charge in [-0.2, -0.15) is 0 Å². The number of carbonyl (C=O) groups excluding carboxylic acids is 1. The van der Waals surface area contributed by atoms with Crippen LogP contribution in [-0.2, 0) is 10.3 Å². The molecule has 1 aromatic carbocycles. The van der Waals surface area contributed by atoms with E-state index in [1.165, 1.54) is 5.56 Å². The molecule has 19 heavy (non-hydrogen) atoms. The van der Waals surface area contributed by atoms with Gasteiger partial charge in [0.1, 0.15) is 0 Å². The standard InChI is InChI=1S/C15H19BrN2O/c16-13-3-1-2-12(10-13)15(6-7-15)18-14(19)11-4-8-17-9-5-11/h1-3,10-11,17H,4-9H2,(H,18,19). The van der Waals surface area contributed by atoms with Crippen molar-refractivity contribution >= 4 is 21.8 Å². The highest BCUT2D eigenvalue weighted by Crippen LogP contribution is 2.46. The Morgan fingerprint density at radius 2 is 2.05 bits per heavy atom. The van der Waals surface area contributed by atoms with Gasteiger partial charge in [0.2, 0.25) is 5.91 Å². The molecular weight excluding hydrogens is 304 g/mol. The summed E-state index contributed by atoms with van der Waals surface area (Å²) in [5.41, 5.74) is 1.13. The van der Waals surface area contributed by atoms with Gasteiger partial charge in [-0.1, -0.05) is 28.1 Å². The van der Waals surface area contributed by atoms with Crippen molar-refractivity contribution in [3.8, 4) is 0 Å². The van der Waals surface area contributed by atoms with Crippen LogP contribution in [0, 0.1) is 5.92 Å². The number of hydrogen-bond acceptors (Lipinski definition) is 2. The van der Waals surface area contributed by atoms with Crippen molar-refractivity contribution in [2.24, 2.45) is 5.92 Å². The maximum atomic E-state index is 12.4. The van der Waals surface area contributed by atoms with Crippen molar-refractivity contribution in [3.63, 3.8) is 0 Å². The Morgan fingerprint density at radius 1 is 1.32 bits per heavy atom. The van der Waals surface area contributed by atoms with Gasteiger partial charge in [-0.05, 0) is 56.5 Å². The fourth-order valence-electron chi connectivity index (χ4n) is 2.82. The summed E-state index contributed by atoms with van der Waals surface area (Å²) in [6.07, 6.45) is 4.03. The lowest BCUT2D eigenvalue weighted by Gasteiger charge is -2.25. The molecule has 0 spiro atoms. The summed E-state index contributed by atoms with van der Waals surface area (Å²) in [7, 11) is 0. The summed E-state index contributed by atoms with van der Waals surface area (Å²) >= 11 is 3.50. The third-order valence-corrected chi connectivity index (χ3v) is 4.69. The van der Waals surface area contributed by atoms with Gasteiger partial charge in [0, 0.05) is 10.4 Å². The van der Waals surface area contributed by atoms with Crippen molar-refractivity contribution < 1.29 is 4.79 Å². The Hall–Kier alpha value is -0.870. The number of rotatable bonds is 3. The SMILES string of the molecule is O=C(NC1(c2cccc(Br)c2)CC1)C1CCNCC1. The van der Waals surface area contributed by atoms with Crippen LogP contribution in [0.1, 0.15) is 31.2 Å². The zero-order chi connectivity index (χ0) is 13.3. The lowest BCUT2D eigenvalue weighted by Crippen LogP contribution is -2.42. The molecule has 1 saturated heterocycles. The number of nitrogens with one attached hydrogen (secondary N) is 2. The lowest BCUT2D eigenvalue weighted by atomic mass is 9.95. The summed E-state index contributed by atoms with van der Waals surface area (Å²) in [6.45, 7) is 1.92. The predicted molar refractivity (Wildman–Crippen MR) is 78.8 cm³/mol. The number of hydrogen-bond donors (Lipinski definition) is 2. The van der Waals surface area contributed by atoms with Crippen molar-refractivity contribution in [3.05, 3.63) is 34.3 Å². The first-order valence-electron chi connectivity index (χ1n) is 6.98. The molecule has 1 heterocycles. The van der Waals surface area contributed by atoms with Gasteiger partial charge in [-0.15, -0.1) is 0 Å². The van der Waals surface area contributed by atoms with E-state index >= 15 is 0 Å². The van der Waals surface area contributed by atoms with Crippen molar-refractivity contribution in [1.29, 1.82) is 0 Å². The zero-order valence-corrected chi connectivity index (χ0v) is 12.5. The largest absolute Gasteiger partial charge is 0.346 e. The third-order valence-electron chi connectivity index (χ3n) is 4.20. The van der Waals surface area contributed by atoms with E-state index in [1.54, 1.807) is 0 Å². The third kappa shape index (κ3) is 2.84. The second-order valence-corrected chi connectivity index (χ2v) is 6.52. The molecule has 1 amide bonds. The molecule has 2 N–H and O–H groups in total. The van der Waals surface area contributed by atoms with Gasteiger partial charge in [0.05, 0.1) is 5.54 Å². The highest BCUT2D eigenvalue weighted by atomic mass is 79.9. The summed E-state index contributed by atoms with van der Waals surface area (Å²) in [5, 5.41) is 6.59. The highest BCUT2D eigenvalue weighted by molar-refractivity contribution is 9.10. The van der Waals surface area contributed by atoms with E-state index in [4.69, 9.17) is 0 Å². The van der Waals surface area contributed by atoms with E-state index in [-0.39, 0.29) is 17.4 Å². The molecule has 1 aliphatic carbocycles. The second-order valence-electron chi connectivity index (χ2n) is 5.61. The molecule has 2 aliphatic rings. The van der Waals surface area contributed by atoms with Crippen LogP contribution in [0.25, 0.3) is 0 Å². The fraction of sp³-hybridized carbons (Fsp3) is 0.533. The second kappa shape index (κ2) is 5.25. The van der Waals surface area contributed by atoms with Crippen LogP contribution in [0.2, 0.25) is 0 Å². The van der Waals surface area contributed by atoms with E-state index in [2.05, 4.69) is 38.7 Å². The molecule has 1 aromatic rings. The molecule has 3 nitrogen and oxygen atoms in total. The first kappa shape index (κ1) is 13.1. The first-order valence-corrected chi connectivity index (χ1v) is 7.78. The topological polar surface area (TPSA) is 41.1 Å². The molecule has 3 rings (SSSR count). The van der Waals surface area contributed by atoms with Gasteiger partial charge < -0.3 is 10.6 Å². The van der Waals surface area contributed by atoms with E-state index in [0.29, 0.717) is 0 Å². The van der Waals surface area contributed by atoms with Gasteiger partial charge in [-0.3, -0.25) is 4.79 Å². The van der Waals surface area contributed by atoms with Crippen molar-refractivity contribution in [2.45, 2.75) is 31.2 Å². The summed E-state index contributed by atoms with van der Waals surface area (Å²) in [5.74, 6) is 0.421. The van der Waals surface area contributed by atoms with Crippen LogP contribution in [0.3, 0.4) is 0 Å². The number of halogens is 1. The Labute approximate surface area is 122 Å². The Morgan fingerprint density at radius 3 is 2.68 bits per heavy atom. The van der Waals surface area contributed by atoms with Crippen LogP contribution in [-0.4, -0.2) is 19.0 Å². The van der Waals surface area contributed by atoms with Crippen molar-refractivity contribution in [2.75, 3.05) is 13.1 Å². The first-order chi connectivity index (χ1) is 9.20. The van der Waals surface area contributed by atoms with Crippen LogP contribution in [0.4, 0.5) is 0 Å². The quantitative estimate of drug-likeness (QED) is 0.898. The van der Waals surface area contributed by atoms with Gasteiger partial charge in [-0.25, -0.2) is 0 Å². The fourth-order valence-corrected chi connectivity index (χ4v) is 3.22. The average Bonchev–Trinajstić information content (AvgIpc) is 3.21. The monoisotopic (exact) mass is 322 g/mol. The number of piperidine rings is 1. The Kier molecular flexibility index (Phi) is 3.63. The average molecular weight is 323 g/mol. The van der Waals surface area contributed by atoms with Gasteiger partial charge >= 0.3 is 0 Å². The molecule has 1 aliphatic heterocycles. The number of amides is 1. The molecular formula is C15H19BrN2O. The van der Waals surface area contributed by atoms with Crippen LogP contribution >= 0.6 is 15.9 Å².